The third-order valence-corrected chi connectivity index (χ3v) is 5.85. The van der Waals surface area contributed by atoms with Crippen molar-refractivity contribution in [2.24, 2.45) is 5.92 Å². The second-order valence-electron chi connectivity index (χ2n) is 5.06. The second-order valence-corrected chi connectivity index (χ2v) is 7.40. The van der Waals surface area contributed by atoms with Gasteiger partial charge in [-0.1, -0.05) is 11.6 Å². The first-order valence-electron chi connectivity index (χ1n) is 6.67. The average molecular weight is 329 g/mol. The minimum atomic E-state index is -3.65. The molecule has 1 fully saturated rings. The summed E-state index contributed by atoms with van der Waals surface area (Å²) in [6.45, 7) is 1.55. The Bertz CT molecular complexity index is 647. The van der Waals surface area contributed by atoms with Crippen molar-refractivity contribution < 1.29 is 13.2 Å². The Morgan fingerprint density at radius 3 is 2.67 bits per heavy atom. The van der Waals surface area contributed by atoms with E-state index in [0.717, 1.165) is 12.8 Å². The standard InChI is InChI=1S/C14H17ClN2O3S/c1-20-10-11-4-6-17(7-5-11)21(18,19)14-3-2-13(15)8-12(14)9-16/h2-3,8,11H,4-7,10H2,1H3. The van der Waals surface area contributed by atoms with Crippen LogP contribution in [0.4, 0.5) is 0 Å². The van der Waals surface area contributed by atoms with Gasteiger partial charge in [0.05, 0.1) is 5.56 Å². The van der Waals surface area contributed by atoms with Crippen LogP contribution in [-0.2, 0) is 14.8 Å². The van der Waals surface area contributed by atoms with Gasteiger partial charge in [-0.3, -0.25) is 0 Å². The number of rotatable bonds is 4. The van der Waals surface area contributed by atoms with E-state index in [1.807, 2.05) is 6.07 Å². The Balaban J connectivity index is 2.22. The van der Waals surface area contributed by atoms with Gasteiger partial charge in [0.2, 0.25) is 10.0 Å². The molecule has 1 aliphatic rings. The molecular formula is C14H17ClN2O3S. The van der Waals surface area contributed by atoms with Crippen LogP contribution < -0.4 is 0 Å². The fourth-order valence-electron chi connectivity index (χ4n) is 2.51. The molecular weight excluding hydrogens is 312 g/mol. The van der Waals surface area contributed by atoms with Gasteiger partial charge in [0.1, 0.15) is 11.0 Å². The number of halogens is 1. The molecule has 0 aromatic heterocycles. The number of hydrogen-bond donors (Lipinski definition) is 0. The summed E-state index contributed by atoms with van der Waals surface area (Å²) >= 11 is 5.81. The number of ether oxygens (including phenoxy) is 1. The minimum Gasteiger partial charge on any atom is -0.384 e. The van der Waals surface area contributed by atoms with Crippen LogP contribution in [-0.4, -0.2) is 39.5 Å². The van der Waals surface area contributed by atoms with Crippen molar-refractivity contribution in [1.82, 2.24) is 4.31 Å². The van der Waals surface area contributed by atoms with Gasteiger partial charge < -0.3 is 4.74 Å². The smallest absolute Gasteiger partial charge is 0.244 e. The molecule has 114 valence electrons. The molecule has 0 unspecified atom stereocenters. The van der Waals surface area contributed by atoms with Crippen LogP contribution in [0, 0.1) is 17.2 Å². The van der Waals surface area contributed by atoms with Crippen LogP contribution in [0.15, 0.2) is 23.1 Å². The molecule has 0 radical (unpaired) electrons. The molecule has 1 saturated heterocycles. The molecule has 1 aromatic carbocycles. The van der Waals surface area contributed by atoms with Crippen molar-refractivity contribution in [1.29, 1.82) is 5.26 Å². The van der Waals surface area contributed by atoms with Gasteiger partial charge in [-0.25, -0.2) is 8.42 Å². The number of hydrogen-bond acceptors (Lipinski definition) is 4. The first-order chi connectivity index (χ1) is 9.98. The number of nitrogens with zero attached hydrogens (tertiary/aromatic N) is 2. The van der Waals surface area contributed by atoms with Gasteiger partial charge in [0, 0.05) is 31.8 Å². The summed E-state index contributed by atoms with van der Waals surface area (Å²) in [6.07, 6.45) is 1.53. The fraction of sp³-hybridized carbons (Fsp3) is 0.500. The summed E-state index contributed by atoms with van der Waals surface area (Å²) in [5.41, 5.74) is 0.0847. The van der Waals surface area contributed by atoms with Gasteiger partial charge in [0.15, 0.2) is 0 Å². The van der Waals surface area contributed by atoms with Crippen LogP contribution in [0.2, 0.25) is 5.02 Å². The van der Waals surface area contributed by atoms with Crippen molar-refractivity contribution in [2.75, 3.05) is 26.8 Å². The zero-order chi connectivity index (χ0) is 15.5. The van der Waals surface area contributed by atoms with Crippen LogP contribution >= 0.6 is 11.6 Å². The molecule has 0 spiro atoms. The summed E-state index contributed by atoms with van der Waals surface area (Å²) in [6, 6.07) is 6.17. The van der Waals surface area contributed by atoms with E-state index in [9.17, 15) is 8.42 Å². The lowest BCUT2D eigenvalue weighted by molar-refractivity contribution is 0.121. The molecule has 2 rings (SSSR count). The normalized spacial score (nSPS) is 17.6. The maximum Gasteiger partial charge on any atom is 0.244 e. The van der Waals surface area contributed by atoms with Gasteiger partial charge in [-0.15, -0.1) is 0 Å². The minimum absolute atomic E-state index is 0.0274. The van der Waals surface area contributed by atoms with E-state index in [4.69, 9.17) is 21.6 Å². The number of sulfonamides is 1. The molecule has 5 nitrogen and oxygen atoms in total. The molecule has 0 amide bonds. The van der Waals surface area contributed by atoms with Crippen LogP contribution in [0.1, 0.15) is 18.4 Å². The van der Waals surface area contributed by atoms with Gasteiger partial charge >= 0.3 is 0 Å². The van der Waals surface area contributed by atoms with Crippen LogP contribution in [0.3, 0.4) is 0 Å². The lowest BCUT2D eigenvalue weighted by atomic mass is 9.99. The Labute approximate surface area is 130 Å². The maximum atomic E-state index is 12.6. The molecule has 1 aromatic rings. The fourth-order valence-corrected chi connectivity index (χ4v) is 4.27. The highest BCUT2D eigenvalue weighted by molar-refractivity contribution is 7.89. The van der Waals surface area contributed by atoms with Gasteiger partial charge in [-0.2, -0.15) is 9.57 Å². The lowest BCUT2D eigenvalue weighted by Gasteiger charge is -2.31. The summed E-state index contributed by atoms with van der Waals surface area (Å²) in [5, 5.41) is 9.46. The van der Waals surface area contributed by atoms with Crippen molar-refractivity contribution in [3.8, 4) is 6.07 Å². The molecule has 1 aliphatic heterocycles. The SMILES string of the molecule is COCC1CCN(S(=O)(=O)c2ccc(Cl)cc2C#N)CC1. The molecule has 0 saturated carbocycles. The molecule has 0 atom stereocenters. The van der Waals surface area contributed by atoms with E-state index in [1.165, 1.54) is 22.5 Å². The zero-order valence-corrected chi connectivity index (χ0v) is 13.3. The Morgan fingerprint density at radius 1 is 1.43 bits per heavy atom. The van der Waals surface area contributed by atoms with Crippen molar-refractivity contribution >= 4 is 21.6 Å². The number of piperidine rings is 1. The highest BCUT2D eigenvalue weighted by Gasteiger charge is 2.31. The van der Waals surface area contributed by atoms with E-state index in [-0.39, 0.29) is 10.5 Å². The Kier molecular flexibility index (Phi) is 5.22. The first kappa shape index (κ1) is 16.2. The maximum absolute atomic E-state index is 12.6. The number of methoxy groups -OCH3 is 1. The summed E-state index contributed by atoms with van der Waals surface area (Å²) in [7, 11) is -2.00. The number of nitriles is 1. The molecule has 0 N–H and O–H groups in total. The quantitative estimate of drug-likeness (QED) is 0.850. The first-order valence-corrected chi connectivity index (χ1v) is 8.49. The van der Waals surface area contributed by atoms with E-state index < -0.39 is 10.0 Å². The highest BCUT2D eigenvalue weighted by atomic mass is 35.5. The second kappa shape index (κ2) is 6.75. The Morgan fingerprint density at radius 2 is 2.10 bits per heavy atom. The lowest BCUT2D eigenvalue weighted by Crippen LogP contribution is -2.39. The zero-order valence-electron chi connectivity index (χ0n) is 11.8. The molecule has 7 heteroatoms. The van der Waals surface area contributed by atoms with E-state index in [0.29, 0.717) is 30.6 Å². The van der Waals surface area contributed by atoms with Crippen LogP contribution in [0.5, 0.6) is 0 Å². The number of benzene rings is 1. The summed E-state index contributed by atoms with van der Waals surface area (Å²) in [4.78, 5) is 0.0274. The van der Waals surface area contributed by atoms with Crippen molar-refractivity contribution in [3.63, 3.8) is 0 Å². The van der Waals surface area contributed by atoms with Crippen LogP contribution in [0.25, 0.3) is 0 Å². The van der Waals surface area contributed by atoms with E-state index in [2.05, 4.69) is 0 Å². The Hall–Kier alpha value is -1.13. The largest absolute Gasteiger partial charge is 0.384 e. The van der Waals surface area contributed by atoms with Gasteiger partial charge in [0.25, 0.3) is 0 Å². The molecule has 0 bridgehead atoms. The molecule has 21 heavy (non-hydrogen) atoms. The average Bonchev–Trinajstić information content (AvgIpc) is 2.47. The van der Waals surface area contributed by atoms with Crippen molar-refractivity contribution in [3.05, 3.63) is 28.8 Å². The van der Waals surface area contributed by atoms with E-state index >= 15 is 0 Å². The third-order valence-electron chi connectivity index (χ3n) is 3.66. The molecule has 1 heterocycles. The van der Waals surface area contributed by atoms with Crippen molar-refractivity contribution in [2.45, 2.75) is 17.7 Å². The highest BCUT2D eigenvalue weighted by Crippen LogP contribution is 2.27. The third kappa shape index (κ3) is 3.55. The predicted octanol–water partition coefficient (Wildman–Crippen LogP) is 2.26. The monoisotopic (exact) mass is 328 g/mol. The summed E-state index contributed by atoms with van der Waals surface area (Å²) < 4.78 is 31.8. The predicted molar refractivity (Wildman–Crippen MR) is 79.5 cm³/mol. The topological polar surface area (TPSA) is 70.4 Å². The van der Waals surface area contributed by atoms with E-state index in [1.54, 1.807) is 7.11 Å². The molecule has 0 aliphatic carbocycles. The van der Waals surface area contributed by atoms with Gasteiger partial charge in [-0.05, 0) is 37.0 Å². The summed E-state index contributed by atoms with van der Waals surface area (Å²) in [5.74, 6) is 0.391.